The number of thiocarbonyl (C=S) groups is 1. The number of hydrogen-bond acceptors (Lipinski definition) is 20. The van der Waals surface area contributed by atoms with Gasteiger partial charge in [-0.2, -0.15) is 0 Å². The standard InChI is InChI=1S/C74H96N6O18S/c1-2-3-27-80-69(84)65(48-53-7-5-4-6-8-53)78-71(86)73(80)23-28-79(29-24-73)52-54-9-16-59(17-10-54)96-60-18-11-55(12-19-60)68(83)75-25-30-87-32-34-89-36-38-91-40-42-93-44-46-95-47-45-94-43-41-92-39-37-90-35-33-88-31-26-76-72(99)77-56-13-20-62-61(49-56)70(85)98-74(62)63-21-14-57(81)50-66(63)97-67-51-58(82)15-22-64(67)74/h9-22,49-51,53,65,81-82H,2-8,23-48,52H2,1H3,(H,75,83)(H,78,86)(H2,76,77,99). The first-order chi connectivity index (χ1) is 48.4. The van der Waals surface area contributed by atoms with Gasteiger partial charge >= 0.3 is 5.97 Å². The highest BCUT2D eigenvalue weighted by Crippen LogP contribution is 2.57. The number of piperidine rings is 1. The Labute approximate surface area is 584 Å². The number of rotatable bonds is 41. The molecule has 0 bridgehead atoms. The molecule has 1 aliphatic carbocycles. The van der Waals surface area contributed by atoms with Crippen LogP contribution in [0.15, 0.2) is 103 Å². The van der Waals surface area contributed by atoms with E-state index in [0.717, 1.165) is 57.3 Å². The topological polar surface area (TPSA) is 274 Å². The van der Waals surface area contributed by atoms with Gasteiger partial charge in [0, 0.05) is 79.3 Å². The van der Waals surface area contributed by atoms with Crippen molar-refractivity contribution in [2.45, 2.75) is 94.9 Å². The van der Waals surface area contributed by atoms with Crippen LogP contribution in [0.3, 0.4) is 0 Å². The number of anilines is 1. The maximum absolute atomic E-state index is 14.0. The molecule has 3 fully saturated rings. The minimum atomic E-state index is -1.35. The molecule has 5 aromatic rings. The predicted molar refractivity (Wildman–Crippen MR) is 372 cm³/mol. The van der Waals surface area contributed by atoms with Crippen molar-refractivity contribution in [3.05, 3.63) is 137 Å². The van der Waals surface area contributed by atoms with E-state index in [1.165, 1.54) is 43.5 Å². The quantitative estimate of drug-likeness (QED) is 0.0121. The van der Waals surface area contributed by atoms with E-state index < -0.39 is 23.2 Å². The molecule has 4 heterocycles. The fourth-order valence-corrected chi connectivity index (χ4v) is 13.4. The third-order valence-corrected chi connectivity index (χ3v) is 18.5. The average Bonchev–Trinajstić information content (AvgIpc) is 1.61. The number of amides is 3. The molecule has 5 aromatic carbocycles. The fraction of sp³-hybridized carbons (Fsp3) is 0.527. The lowest BCUT2D eigenvalue weighted by atomic mass is 9.77. The summed E-state index contributed by atoms with van der Waals surface area (Å²) >= 11 is 5.49. The van der Waals surface area contributed by atoms with Crippen LogP contribution >= 0.6 is 12.2 Å². The number of likely N-dealkylation sites (tertiary alicyclic amines) is 1. The summed E-state index contributed by atoms with van der Waals surface area (Å²) in [6.07, 6.45) is 9.91. The van der Waals surface area contributed by atoms with E-state index in [1.807, 2.05) is 17.0 Å². The summed E-state index contributed by atoms with van der Waals surface area (Å²) in [4.78, 5) is 58.4. The smallest absolute Gasteiger partial charge is 0.340 e. The lowest BCUT2D eigenvalue weighted by molar-refractivity contribution is -0.162. The molecule has 1 unspecified atom stereocenters. The SMILES string of the molecule is CCCCN1C(=O)C(CC2CCCCC2)NC(=O)C12CCN(Cc1ccc(Oc3ccc(C(=O)NCCOCCOCCOCCOCCOCCOCCOCCOCCOCCNC(=S)Nc4ccc5c(c4)C(=O)OC54c5ccc(O)cc5Oc5cc(O)ccc54)cc3)cc1)CC2. The third kappa shape index (κ3) is 20.8. The number of hydrogen-bond donors (Lipinski definition) is 6. The van der Waals surface area contributed by atoms with Crippen LogP contribution < -0.4 is 30.7 Å². The largest absolute Gasteiger partial charge is 0.508 e. The Balaban J connectivity index is 0.460. The van der Waals surface area contributed by atoms with Gasteiger partial charge in [-0.25, -0.2) is 4.79 Å². The van der Waals surface area contributed by atoms with Gasteiger partial charge in [0.05, 0.1) is 124 Å². The van der Waals surface area contributed by atoms with Crippen LogP contribution in [0.1, 0.15) is 114 Å². The molecule has 4 aliphatic heterocycles. The number of benzene rings is 5. The number of nitrogens with one attached hydrogen (secondary N) is 4. The molecule has 24 nitrogen and oxygen atoms in total. The Hall–Kier alpha value is -7.53. The minimum Gasteiger partial charge on any atom is -0.508 e. The molecular formula is C74H96N6O18S. The molecule has 6 N–H and O–H groups in total. The Morgan fingerprint density at radius 3 is 1.63 bits per heavy atom. The van der Waals surface area contributed by atoms with Crippen LogP contribution in [0.4, 0.5) is 5.69 Å². The minimum absolute atomic E-state index is 0.0179. The zero-order valence-corrected chi connectivity index (χ0v) is 57.6. The van der Waals surface area contributed by atoms with Crippen molar-refractivity contribution in [2.75, 3.05) is 157 Å². The monoisotopic (exact) mass is 1390 g/mol. The van der Waals surface area contributed by atoms with Crippen LogP contribution in [-0.4, -0.2) is 212 Å². The predicted octanol–water partition coefficient (Wildman–Crippen LogP) is 8.76. The molecule has 5 aliphatic rings. The summed E-state index contributed by atoms with van der Waals surface area (Å²) in [5, 5.41) is 33.0. The first-order valence-electron chi connectivity index (χ1n) is 34.9. The number of nitrogens with zero attached hydrogens (tertiary/aromatic N) is 2. The molecule has 1 atom stereocenters. The van der Waals surface area contributed by atoms with Crippen molar-refractivity contribution in [3.8, 4) is 34.5 Å². The van der Waals surface area contributed by atoms with Gasteiger partial charge in [-0.3, -0.25) is 19.3 Å². The van der Waals surface area contributed by atoms with Crippen molar-refractivity contribution in [1.82, 2.24) is 25.8 Å². The summed E-state index contributed by atoms with van der Waals surface area (Å²) < 4.78 is 68.6. The first-order valence-corrected chi connectivity index (χ1v) is 35.3. The maximum atomic E-state index is 14.0. The molecule has 0 radical (unpaired) electrons. The number of piperazine rings is 1. The molecule has 99 heavy (non-hydrogen) atoms. The maximum Gasteiger partial charge on any atom is 0.340 e. The fourth-order valence-electron chi connectivity index (χ4n) is 13.1. The molecule has 3 amide bonds. The number of carbonyl (C=O) groups excluding carboxylic acids is 4. The number of carbonyl (C=O) groups is 4. The zero-order chi connectivity index (χ0) is 69.1. The van der Waals surface area contributed by atoms with Crippen LogP contribution in [0.2, 0.25) is 0 Å². The van der Waals surface area contributed by atoms with Gasteiger partial charge in [0.15, 0.2) is 10.7 Å². The molecule has 25 heteroatoms. The lowest BCUT2D eigenvalue weighted by Crippen LogP contribution is -2.73. The number of ether oxygens (including phenoxy) is 12. The molecule has 2 spiro atoms. The normalized spacial score (nSPS) is 17.0. The van der Waals surface area contributed by atoms with E-state index >= 15 is 0 Å². The number of fused-ring (bicyclic) bond motifs is 6. The van der Waals surface area contributed by atoms with Crippen LogP contribution in [-0.2, 0) is 69.1 Å². The van der Waals surface area contributed by atoms with Gasteiger partial charge in [-0.15, -0.1) is 0 Å². The lowest BCUT2D eigenvalue weighted by Gasteiger charge is -2.52. The zero-order valence-electron chi connectivity index (χ0n) is 56.7. The van der Waals surface area contributed by atoms with Gasteiger partial charge in [-0.1, -0.05) is 63.6 Å². The summed E-state index contributed by atoms with van der Waals surface area (Å²) in [7, 11) is 0. The molecule has 10 rings (SSSR count). The van der Waals surface area contributed by atoms with Crippen molar-refractivity contribution in [2.24, 2.45) is 5.92 Å². The Morgan fingerprint density at radius 1 is 0.606 bits per heavy atom. The highest BCUT2D eigenvalue weighted by molar-refractivity contribution is 7.80. The molecule has 0 aromatic heterocycles. The Kier molecular flexibility index (Phi) is 28.7. The molecule has 536 valence electrons. The highest BCUT2D eigenvalue weighted by Gasteiger charge is 2.55. The van der Waals surface area contributed by atoms with E-state index in [4.69, 9.17) is 69.1 Å². The molecule has 2 saturated heterocycles. The van der Waals surface area contributed by atoms with Crippen molar-refractivity contribution in [3.63, 3.8) is 0 Å². The number of unbranched alkanes of at least 4 members (excludes halogenated alkanes) is 1. The van der Waals surface area contributed by atoms with E-state index in [-0.39, 0.29) is 29.2 Å². The molecular weight excluding hydrogens is 1290 g/mol. The van der Waals surface area contributed by atoms with Gasteiger partial charge in [0.2, 0.25) is 11.8 Å². The van der Waals surface area contributed by atoms with Crippen LogP contribution in [0.25, 0.3) is 0 Å². The second-order valence-corrected chi connectivity index (χ2v) is 25.5. The van der Waals surface area contributed by atoms with Gasteiger partial charge in [-0.05, 0) is 122 Å². The summed E-state index contributed by atoms with van der Waals surface area (Å²) in [5.41, 5.74) is 2.13. The van der Waals surface area contributed by atoms with Gasteiger partial charge < -0.3 is 93.2 Å². The summed E-state index contributed by atoms with van der Waals surface area (Å²) in [6.45, 7) is 13.3. The van der Waals surface area contributed by atoms with Crippen LogP contribution in [0.5, 0.6) is 34.5 Å². The van der Waals surface area contributed by atoms with E-state index in [2.05, 4.69) is 45.2 Å². The first kappa shape index (κ1) is 74.2. The van der Waals surface area contributed by atoms with E-state index in [9.17, 15) is 29.4 Å². The number of phenols is 2. The number of esters is 1. The number of phenolic OH excluding ortho intramolecular Hbond substituents is 2. The summed E-state index contributed by atoms with van der Waals surface area (Å²) in [6, 6.07) is 29.1. The van der Waals surface area contributed by atoms with Gasteiger partial charge in [0.25, 0.3) is 5.91 Å². The van der Waals surface area contributed by atoms with Crippen molar-refractivity contribution in [1.29, 1.82) is 0 Å². The summed E-state index contributed by atoms with van der Waals surface area (Å²) in [5.74, 6) is 1.81. The van der Waals surface area contributed by atoms with E-state index in [0.29, 0.717) is 219 Å². The van der Waals surface area contributed by atoms with Gasteiger partial charge in [0.1, 0.15) is 46.1 Å². The third-order valence-electron chi connectivity index (χ3n) is 18.3. The second kappa shape index (κ2) is 38.3. The van der Waals surface area contributed by atoms with Crippen molar-refractivity contribution < 1.29 is 86.2 Å². The second-order valence-electron chi connectivity index (χ2n) is 25.1. The number of aromatic hydroxyl groups is 2. The Morgan fingerprint density at radius 2 is 1.10 bits per heavy atom. The Bertz CT molecular complexity index is 3350. The highest BCUT2D eigenvalue weighted by atomic mass is 32.1. The average molecular weight is 1390 g/mol. The molecule has 1 saturated carbocycles. The van der Waals surface area contributed by atoms with Crippen molar-refractivity contribution >= 4 is 46.7 Å². The van der Waals surface area contributed by atoms with Crippen LogP contribution in [0, 0.1) is 5.92 Å². The van der Waals surface area contributed by atoms with E-state index in [1.54, 1.807) is 54.6 Å².